The quantitative estimate of drug-likeness (QED) is 0.748. The summed E-state index contributed by atoms with van der Waals surface area (Å²) in [7, 11) is 0. The lowest BCUT2D eigenvalue weighted by atomic mass is 9.64. The zero-order valence-electron chi connectivity index (χ0n) is 14.0. The molecule has 4 saturated heterocycles. The molecule has 2 unspecified atom stereocenters. The molecule has 4 fully saturated rings. The monoisotopic (exact) mass is 311 g/mol. The first-order chi connectivity index (χ1) is 10.1. The molecule has 4 aliphatic heterocycles. The van der Waals surface area contributed by atoms with Crippen LogP contribution >= 0.6 is 0 Å². The van der Waals surface area contributed by atoms with Gasteiger partial charge in [0, 0.05) is 19.6 Å². The average Bonchev–Trinajstić information content (AvgIpc) is 2.82. The summed E-state index contributed by atoms with van der Waals surface area (Å²) in [5.74, 6) is 0.251. The zero-order chi connectivity index (χ0) is 16.2. The number of amides is 1. The SMILES string of the molecule is CC(C)(C)OC(=O)N1CCC(N)(C2(O)CN3CCC2CC3)C1. The molecule has 22 heavy (non-hydrogen) atoms. The number of aliphatic hydroxyl groups is 1. The van der Waals surface area contributed by atoms with E-state index in [-0.39, 0.29) is 12.0 Å². The lowest BCUT2D eigenvalue weighted by molar-refractivity contribution is -0.152. The van der Waals surface area contributed by atoms with Gasteiger partial charge in [0.15, 0.2) is 0 Å². The van der Waals surface area contributed by atoms with E-state index < -0.39 is 16.7 Å². The lowest BCUT2D eigenvalue weighted by Gasteiger charge is -2.56. The Bertz CT molecular complexity index is 456. The smallest absolute Gasteiger partial charge is 0.410 e. The molecule has 4 aliphatic rings. The Kier molecular flexibility index (Phi) is 3.70. The van der Waals surface area contributed by atoms with Crippen LogP contribution in [0.5, 0.6) is 0 Å². The number of nitrogens with zero attached hydrogens (tertiary/aromatic N) is 2. The standard InChI is InChI=1S/C16H29N3O3/c1-14(2,3)22-13(20)19-9-6-15(17,10-19)16(21)11-18-7-4-12(16)5-8-18/h12,21H,4-11,17H2,1-3H3. The van der Waals surface area contributed by atoms with Gasteiger partial charge in [-0.3, -0.25) is 0 Å². The maximum Gasteiger partial charge on any atom is 0.410 e. The van der Waals surface area contributed by atoms with E-state index in [2.05, 4.69) is 4.90 Å². The summed E-state index contributed by atoms with van der Waals surface area (Å²) in [6, 6.07) is 0. The van der Waals surface area contributed by atoms with Crippen LogP contribution in [0.2, 0.25) is 0 Å². The van der Waals surface area contributed by atoms with Crippen molar-refractivity contribution in [2.75, 3.05) is 32.7 Å². The topological polar surface area (TPSA) is 79.0 Å². The Hall–Kier alpha value is -0.850. The van der Waals surface area contributed by atoms with Crippen LogP contribution in [0.25, 0.3) is 0 Å². The number of carbonyl (C=O) groups excluding carboxylic acids is 1. The van der Waals surface area contributed by atoms with Crippen molar-refractivity contribution in [2.24, 2.45) is 11.7 Å². The molecule has 2 atom stereocenters. The van der Waals surface area contributed by atoms with Crippen molar-refractivity contribution < 1.29 is 14.6 Å². The van der Waals surface area contributed by atoms with E-state index in [1.54, 1.807) is 4.90 Å². The van der Waals surface area contributed by atoms with E-state index in [1.807, 2.05) is 20.8 Å². The summed E-state index contributed by atoms with van der Waals surface area (Å²) in [6.45, 7) is 9.25. The summed E-state index contributed by atoms with van der Waals surface area (Å²) in [5.41, 5.74) is 4.49. The van der Waals surface area contributed by atoms with Crippen molar-refractivity contribution in [1.29, 1.82) is 0 Å². The number of rotatable bonds is 1. The second-order valence-electron chi connectivity index (χ2n) is 8.28. The third-order valence-electron chi connectivity index (χ3n) is 5.54. The predicted octanol–water partition coefficient (Wildman–Crippen LogP) is 0.781. The molecule has 0 aromatic carbocycles. The molecule has 0 aromatic heterocycles. The van der Waals surface area contributed by atoms with Crippen molar-refractivity contribution >= 4 is 6.09 Å². The Labute approximate surface area is 132 Å². The van der Waals surface area contributed by atoms with Crippen molar-refractivity contribution in [2.45, 2.75) is 56.8 Å². The fourth-order valence-corrected chi connectivity index (χ4v) is 4.27. The third kappa shape index (κ3) is 2.61. The fraction of sp³-hybridized carbons (Fsp3) is 0.938. The average molecular weight is 311 g/mol. The van der Waals surface area contributed by atoms with Crippen molar-refractivity contribution in [3.8, 4) is 0 Å². The molecule has 0 aromatic rings. The first-order valence-electron chi connectivity index (χ1n) is 8.35. The molecule has 4 heterocycles. The molecule has 126 valence electrons. The number of piperidine rings is 3. The van der Waals surface area contributed by atoms with Gasteiger partial charge in [-0.2, -0.15) is 0 Å². The number of hydrogen-bond donors (Lipinski definition) is 2. The Morgan fingerprint density at radius 2 is 1.86 bits per heavy atom. The van der Waals surface area contributed by atoms with Gasteiger partial charge in [0.05, 0.1) is 11.1 Å². The molecule has 3 N–H and O–H groups in total. The molecule has 0 spiro atoms. The molecule has 0 aliphatic carbocycles. The van der Waals surface area contributed by atoms with E-state index in [4.69, 9.17) is 10.5 Å². The van der Waals surface area contributed by atoms with Gasteiger partial charge in [-0.25, -0.2) is 4.79 Å². The first-order valence-corrected chi connectivity index (χ1v) is 8.35. The van der Waals surface area contributed by atoms with E-state index in [0.717, 1.165) is 25.9 Å². The minimum absolute atomic E-state index is 0.251. The predicted molar refractivity (Wildman–Crippen MR) is 83.5 cm³/mol. The van der Waals surface area contributed by atoms with Crippen LogP contribution < -0.4 is 5.73 Å². The molecule has 2 bridgehead atoms. The Balaban J connectivity index is 1.71. The summed E-state index contributed by atoms with van der Waals surface area (Å²) < 4.78 is 5.44. The van der Waals surface area contributed by atoms with Gasteiger partial charge in [-0.05, 0) is 59.0 Å². The van der Waals surface area contributed by atoms with E-state index in [0.29, 0.717) is 26.1 Å². The first kappa shape index (κ1) is 16.0. The zero-order valence-corrected chi connectivity index (χ0v) is 14.0. The van der Waals surface area contributed by atoms with Crippen LogP contribution in [-0.4, -0.2) is 70.5 Å². The largest absolute Gasteiger partial charge is 0.444 e. The molecule has 4 rings (SSSR count). The number of ether oxygens (including phenoxy) is 1. The number of hydrogen-bond acceptors (Lipinski definition) is 5. The van der Waals surface area contributed by atoms with Crippen LogP contribution in [0.15, 0.2) is 0 Å². The summed E-state index contributed by atoms with van der Waals surface area (Å²) in [5, 5.41) is 11.3. The molecule has 6 nitrogen and oxygen atoms in total. The van der Waals surface area contributed by atoms with Crippen LogP contribution in [0.1, 0.15) is 40.0 Å². The van der Waals surface area contributed by atoms with Crippen LogP contribution in [-0.2, 0) is 4.74 Å². The van der Waals surface area contributed by atoms with Gasteiger partial charge < -0.3 is 25.4 Å². The molecule has 0 radical (unpaired) electrons. The van der Waals surface area contributed by atoms with Crippen LogP contribution in [0.3, 0.4) is 0 Å². The Morgan fingerprint density at radius 3 is 2.36 bits per heavy atom. The summed E-state index contributed by atoms with van der Waals surface area (Å²) >= 11 is 0. The Morgan fingerprint density at radius 1 is 1.23 bits per heavy atom. The normalized spacial score (nSPS) is 41.8. The minimum atomic E-state index is -0.889. The number of fused-ring (bicyclic) bond motifs is 3. The highest BCUT2D eigenvalue weighted by molar-refractivity contribution is 5.68. The van der Waals surface area contributed by atoms with Crippen molar-refractivity contribution in [1.82, 2.24) is 9.80 Å². The third-order valence-corrected chi connectivity index (χ3v) is 5.54. The molecular formula is C16H29N3O3. The molecule has 1 amide bonds. The molecule has 0 saturated carbocycles. The number of likely N-dealkylation sites (tertiary alicyclic amines) is 1. The number of carbonyl (C=O) groups is 1. The summed E-state index contributed by atoms with van der Waals surface area (Å²) in [6.07, 6.45) is 2.31. The second-order valence-corrected chi connectivity index (χ2v) is 8.28. The van der Waals surface area contributed by atoms with Crippen molar-refractivity contribution in [3.63, 3.8) is 0 Å². The maximum absolute atomic E-state index is 12.3. The second kappa shape index (κ2) is 5.08. The van der Waals surface area contributed by atoms with E-state index in [1.165, 1.54) is 0 Å². The van der Waals surface area contributed by atoms with Gasteiger partial charge in [-0.15, -0.1) is 0 Å². The van der Waals surface area contributed by atoms with E-state index >= 15 is 0 Å². The van der Waals surface area contributed by atoms with Gasteiger partial charge in [0.25, 0.3) is 0 Å². The summed E-state index contributed by atoms with van der Waals surface area (Å²) in [4.78, 5) is 16.2. The molecular weight excluding hydrogens is 282 g/mol. The number of nitrogens with two attached hydrogens (primary N) is 1. The van der Waals surface area contributed by atoms with Gasteiger partial charge in [0.2, 0.25) is 0 Å². The fourth-order valence-electron chi connectivity index (χ4n) is 4.27. The van der Waals surface area contributed by atoms with E-state index in [9.17, 15) is 9.90 Å². The lowest BCUT2D eigenvalue weighted by Crippen LogP contribution is -2.73. The van der Waals surface area contributed by atoms with Crippen LogP contribution in [0.4, 0.5) is 4.79 Å². The van der Waals surface area contributed by atoms with Gasteiger partial charge in [-0.1, -0.05) is 0 Å². The van der Waals surface area contributed by atoms with Gasteiger partial charge in [0.1, 0.15) is 5.60 Å². The highest BCUT2D eigenvalue weighted by atomic mass is 16.6. The highest BCUT2D eigenvalue weighted by Gasteiger charge is 2.59. The molecule has 6 heteroatoms. The van der Waals surface area contributed by atoms with Crippen molar-refractivity contribution in [3.05, 3.63) is 0 Å². The highest BCUT2D eigenvalue weighted by Crippen LogP contribution is 2.44. The van der Waals surface area contributed by atoms with Gasteiger partial charge >= 0.3 is 6.09 Å². The minimum Gasteiger partial charge on any atom is -0.444 e. The maximum atomic E-state index is 12.3. The van der Waals surface area contributed by atoms with Crippen LogP contribution in [0, 0.1) is 5.92 Å².